The van der Waals surface area contributed by atoms with E-state index in [1.807, 2.05) is 6.92 Å². The van der Waals surface area contributed by atoms with Gasteiger partial charge in [0.15, 0.2) is 0 Å². The van der Waals surface area contributed by atoms with Crippen molar-refractivity contribution >= 4 is 11.9 Å². The van der Waals surface area contributed by atoms with Crippen molar-refractivity contribution in [1.82, 2.24) is 15.5 Å². The molecule has 5 nitrogen and oxygen atoms in total. The van der Waals surface area contributed by atoms with E-state index in [9.17, 15) is 14.0 Å². The third kappa shape index (κ3) is 5.22. The van der Waals surface area contributed by atoms with Crippen LogP contribution in [0, 0.1) is 5.82 Å². The number of piperidine rings is 1. The van der Waals surface area contributed by atoms with E-state index in [1.54, 1.807) is 30.0 Å². The van der Waals surface area contributed by atoms with Gasteiger partial charge < -0.3 is 15.5 Å². The average Bonchev–Trinajstić information content (AvgIpc) is 2.56. The van der Waals surface area contributed by atoms with Crippen LogP contribution in [0.3, 0.4) is 0 Å². The highest BCUT2D eigenvalue weighted by Gasteiger charge is 2.23. The van der Waals surface area contributed by atoms with Crippen LogP contribution in [0.15, 0.2) is 24.3 Å². The molecule has 0 aromatic heterocycles. The fraction of sp³-hybridized carbons (Fsp3) is 0.556. The summed E-state index contributed by atoms with van der Waals surface area (Å²) in [7, 11) is 0. The number of benzene rings is 1. The van der Waals surface area contributed by atoms with Crippen LogP contribution < -0.4 is 10.6 Å². The molecule has 24 heavy (non-hydrogen) atoms. The minimum absolute atomic E-state index is 0.0494. The van der Waals surface area contributed by atoms with E-state index in [-0.39, 0.29) is 17.8 Å². The first-order valence-corrected chi connectivity index (χ1v) is 8.56. The maximum Gasteiger partial charge on any atom is 0.315 e. The number of hydrogen-bond acceptors (Lipinski definition) is 2. The molecule has 0 spiro atoms. The first-order valence-electron chi connectivity index (χ1n) is 8.56. The molecule has 0 saturated carbocycles. The van der Waals surface area contributed by atoms with E-state index in [4.69, 9.17) is 0 Å². The lowest BCUT2D eigenvalue weighted by Crippen LogP contribution is -2.52. The molecule has 0 bridgehead atoms. The van der Waals surface area contributed by atoms with Crippen molar-refractivity contribution in [2.24, 2.45) is 0 Å². The summed E-state index contributed by atoms with van der Waals surface area (Å²) >= 11 is 0. The summed E-state index contributed by atoms with van der Waals surface area (Å²) in [6.07, 6.45) is 3.59. The Balaban J connectivity index is 1.79. The largest absolute Gasteiger partial charge is 0.341 e. The Bertz CT molecular complexity index is 573. The van der Waals surface area contributed by atoms with Gasteiger partial charge >= 0.3 is 6.03 Å². The zero-order valence-corrected chi connectivity index (χ0v) is 14.3. The fourth-order valence-electron chi connectivity index (χ4n) is 2.96. The number of halogens is 1. The smallest absolute Gasteiger partial charge is 0.315 e. The topological polar surface area (TPSA) is 61.4 Å². The van der Waals surface area contributed by atoms with Gasteiger partial charge in [-0.2, -0.15) is 0 Å². The zero-order chi connectivity index (χ0) is 17.5. The van der Waals surface area contributed by atoms with E-state index in [1.165, 1.54) is 6.07 Å². The van der Waals surface area contributed by atoms with E-state index in [0.29, 0.717) is 12.0 Å². The van der Waals surface area contributed by atoms with Crippen molar-refractivity contribution in [3.8, 4) is 0 Å². The Morgan fingerprint density at radius 3 is 2.46 bits per heavy atom. The third-order valence-corrected chi connectivity index (χ3v) is 4.25. The average molecular weight is 335 g/mol. The van der Waals surface area contributed by atoms with Gasteiger partial charge in [0.2, 0.25) is 5.91 Å². The molecule has 6 heteroatoms. The van der Waals surface area contributed by atoms with Gasteiger partial charge in [0.05, 0.1) is 0 Å². The lowest BCUT2D eigenvalue weighted by molar-refractivity contribution is -0.133. The van der Waals surface area contributed by atoms with Crippen molar-refractivity contribution in [1.29, 1.82) is 0 Å². The molecule has 1 aliphatic rings. The van der Waals surface area contributed by atoms with Crippen LogP contribution in [0.2, 0.25) is 0 Å². The maximum atomic E-state index is 13.6. The second-order valence-corrected chi connectivity index (χ2v) is 6.42. The van der Waals surface area contributed by atoms with Gasteiger partial charge in [-0.1, -0.05) is 18.2 Å². The first-order chi connectivity index (χ1) is 11.5. The summed E-state index contributed by atoms with van der Waals surface area (Å²) in [5, 5.41) is 5.43. The highest BCUT2D eigenvalue weighted by Crippen LogP contribution is 2.10. The Hall–Kier alpha value is -2.11. The van der Waals surface area contributed by atoms with Crippen LogP contribution in [0.1, 0.15) is 38.7 Å². The van der Waals surface area contributed by atoms with Gasteiger partial charge in [-0.15, -0.1) is 0 Å². The monoisotopic (exact) mass is 335 g/mol. The number of nitrogens with zero attached hydrogens (tertiary/aromatic N) is 1. The summed E-state index contributed by atoms with van der Waals surface area (Å²) in [6.45, 7) is 5.02. The highest BCUT2D eigenvalue weighted by molar-refractivity contribution is 5.86. The van der Waals surface area contributed by atoms with Crippen LogP contribution in [0.5, 0.6) is 0 Å². The predicted molar refractivity (Wildman–Crippen MR) is 91.1 cm³/mol. The molecule has 0 aliphatic carbocycles. The standard InChI is InChI=1S/C18H26FN3O2/c1-13(12-15-8-4-5-9-16(15)19)20-18(24)21-14(2)17(23)22-10-6-3-7-11-22/h4-5,8-9,13-14H,3,6-7,10-12H2,1-2H3,(H2,20,21,24)/t13-,14+/m0/s1. The SMILES string of the molecule is C[C@@H](Cc1ccccc1F)NC(=O)N[C@H](C)C(=O)N1CCCCC1. The summed E-state index contributed by atoms with van der Waals surface area (Å²) in [5.74, 6) is -0.327. The van der Waals surface area contributed by atoms with Crippen molar-refractivity contribution in [2.75, 3.05) is 13.1 Å². The minimum Gasteiger partial charge on any atom is -0.341 e. The first kappa shape index (κ1) is 18.2. The van der Waals surface area contributed by atoms with Crippen LogP contribution >= 0.6 is 0 Å². The second kappa shape index (κ2) is 8.66. The molecular weight excluding hydrogens is 309 g/mol. The highest BCUT2D eigenvalue weighted by atomic mass is 19.1. The van der Waals surface area contributed by atoms with Gasteiger partial charge in [-0.3, -0.25) is 4.79 Å². The van der Waals surface area contributed by atoms with Crippen LogP contribution in [0.25, 0.3) is 0 Å². The molecule has 2 atom stereocenters. The number of carbonyl (C=O) groups is 2. The Kier molecular flexibility index (Phi) is 6.58. The summed E-state index contributed by atoms with van der Waals surface area (Å²) in [5.41, 5.74) is 0.558. The molecule has 132 valence electrons. The molecule has 1 aliphatic heterocycles. The quantitative estimate of drug-likeness (QED) is 0.868. The summed E-state index contributed by atoms with van der Waals surface area (Å²) in [6, 6.07) is 5.30. The Morgan fingerprint density at radius 2 is 1.79 bits per heavy atom. The van der Waals surface area contributed by atoms with Gasteiger partial charge in [0.1, 0.15) is 11.9 Å². The Labute approximate surface area is 142 Å². The summed E-state index contributed by atoms with van der Waals surface area (Å²) in [4.78, 5) is 26.1. The maximum absolute atomic E-state index is 13.6. The predicted octanol–water partition coefficient (Wildman–Crippen LogP) is 2.46. The molecule has 0 radical (unpaired) electrons. The number of rotatable bonds is 5. The number of carbonyl (C=O) groups excluding carboxylic acids is 2. The van der Waals surface area contributed by atoms with Crippen LogP contribution in [-0.4, -0.2) is 42.0 Å². The van der Waals surface area contributed by atoms with E-state index in [0.717, 1.165) is 32.4 Å². The van der Waals surface area contributed by atoms with Crippen molar-refractivity contribution < 1.29 is 14.0 Å². The minimum atomic E-state index is -0.566. The van der Waals surface area contributed by atoms with Crippen molar-refractivity contribution in [3.05, 3.63) is 35.6 Å². The molecule has 1 heterocycles. The van der Waals surface area contributed by atoms with E-state index < -0.39 is 12.1 Å². The molecular formula is C18H26FN3O2. The molecule has 0 unspecified atom stereocenters. The van der Waals surface area contributed by atoms with Gasteiger partial charge in [0.25, 0.3) is 0 Å². The lowest BCUT2D eigenvalue weighted by atomic mass is 10.1. The van der Waals surface area contributed by atoms with Gasteiger partial charge in [-0.25, -0.2) is 9.18 Å². The van der Waals surface area contributed by atoms with E-state index >= 15 is 0 Å². The van der Waals surface area contributed by atoms with Crippen LogP contribution in [0.4, 0.5) is 9.18 Å². The van der Waals surface area contributed by atoms with E-state index in [2.05, 4.69) is 10.6 Å². The number of urea groups is 1. The van der Waals surface area contributed by atoms with Crippen molar-refractivity contribution in [3.63, 3.8) is 0 Å². The number of amides is 3. The van der Waals surface area contributed by atoms with Gasteiger partial charge in [0, 0.05) is 19.1 Å². The number of hydrogen-bond donors (Lipinski definition) is 2. The summed E-state index contributed by atoms with van der Waals surface area (Å²) < 4.78 is 13.6. The van der Waals surface area contributed by atoms with Crippen LogP contribution in [-0.2, 0) is 11.2 Å². The molecule has 2 N–H and O–H groups in total. The molecule has 1 aromatic carbocycles. The number of nitrogens with one attached hydrogen (secondary N) is 2. The molecule has 3 amide bonds. The molecule has 1 aromatic rings. The normalized spacial score (nSPS) is 17.0. The zero-order valence-electron chi connectivity index (χ0n) is 14.3. The fourth-order valence-corrected chi connectivity index (χ4v) is 2.96. The molecule has 1 saturated heterocycles. The molecule has 1 fully saturated rings. The van der Waals surface area contributed by atoms with Gasteiger partial charge in [-0.05, 0) is 51.2 Å². The molecule has 2 rings (SSSR count). The number of likely N-dealkylation sites (tertiary alicyclic amines) is 1. The third-order valence-electron chi connectivity index (χ3n) is 4.25. The second-order valence-electron chi connectivity index (χ2n) is 6.42. The van der Waals surface area contributed by atoms with Crippen molar-refractivity contribution in [2.45, 2.75) is 51.6 Å². The lowest BCUT2D eigenvalue weighted by Gasteiger charge is -2.29. The Morgan fingerprint density at radius 1 is 1.12 bits per heavy atom.